The third kappa shape index (κ3) is 18.0. The molecule has 0 bridgehead atoms. The second-order valence-electron chi connectivity index (χ2n) is 33.2. The zero-order valence-electron chi connectivity index (χ0n) is 67.1. The summed E-state index contributed by atoms with van der Waals surface area (Å²) in [5.74, 6) is -2.47. The summed E-state index contributed by atoms with van der Waals surface area (Å²) in [6.45, 7) is 12.8. The minimum Gasteiger partial charge on any atom is -0.444 e. The highest BCUT2D eigenvalue weighted by atomic mass is 19.2. The van der Waals surface area contributed by atoms with Crippen molar-refractivity contribution >= 4 is 74.6 Å². The lowest BCUT2D eigenvalue weighted by Gasteiger charge is -2.33. The molecule has 18 rings (SSSR count). The van der Waals surface area contributed by atoms with E-state index in [2.05, 4.69) is 35.6 Å². The van der Waals surface area contributed by atoms with Gasteiger partial charge in [-0.05, 0) is 176 Å². The number of alkyl halides is 3. The molecular formula is C88H87F9N18O6. The van der Waals surface area contributed by atoms with Crippen molar-refractivity contribution in [3.05, 3.63) is 217 Å². The van der Waals surface area contributed by atoms with E-state index in [-0.39, 0.29) is 105 Å². The van der Waals surface area contributed by atoms with Crippen LogP contribution < -0.4 is 20.0 Å². The Morgan fingerprint density at radius 2 is 0.802 bits per heavy atom. The maximum Gasteiger partial charge on any atom is 0.417 e. The molecule has 0 spiro atoms. The predicted octanol–water partition coefficient (Wildman–Crippen LogP) is 17.3. The van der Waals surface area contributed by atoms with Gasteiger partial charge in [-0.1, -0.05) is 0 Å². The number of likely N-dealkylation sites (tertiary alicyclic amines) is 2. The summed E-state index contributed by atoms with van der Waals surface area (Å²) in [6, 6.07) is 23.5. The van der Waals surface area contributed by atoms with E-state index in [9.17, 15) is 58.7 Å². The van der Waals surface area contributed by atoms with Crippen molar-refractivity contribution in [2.45, 2.75) is 165 Å². The van der Waals surface area contributed by atoms with E-state index in [1.54, 1.807) is 123 Å². The second-order valence-corrected chi connectivity index (χ2v) is 33.2. The maximum absolute atomic E-state index is 14.7. The minimum absolute atomic E-state index is 0.00466. The number of imide groups is 1. The Kier molecular flexibility index (Phi) is 23.0. The molecule has 8 atom stereocenters. The van der Waals surface area contributed by atoms with E-state index in [1.165, 1.54) is 0 Å². The lowest BCUT2D eigenvalue weighted by atomic mass is 10.0. The highest BCUT2D eigenvalue weighted by Crippen LogP contribution is 2.44. The van der Waals surface area contributed by atoms with Gasteiger partial charge in [0, 0.05) is 146 Å². The predicted molar refractivity (Wildman–Crippen MR) is 434 cm³/mol. The smallest absolute Gasteiger partial charge is 0.417 e. The molecule has 121 heavy (non-hydrogen) atoms. The molecule has 9 aromatic heterocycles. The van der Waals surface area contributed by atoms with E-state index in [0.29, 0.717) is 83.0 Å². The van der Waals surface area contributed by atoms with Crippen LogP contribution in [0.1, 0.15) is 152 Å². The van der Waals surface area contributed by atoms with Crippen LogP contribution in [0.3, 0.4) is 0 Å². The fourth-order valence-corrected chi connectivity index (χ4v) is 16.7. The Bertz CT molecular complexity index is 5890. The highest BCUT2D eigenvalue weighted by Gasteiger charge is 2.41. The second kappa shape index (κ2) is 33.9. The van der Waals surface area contributed by atoms with E-state index < -0.39 is 88.8 Å². The standard InChI is InChI=1S/C31H31F3N6O3.C31H33F3N6O2.C26H23F3N6O/c1-31(2,3)43-30(42)38-11-9-21(14-28(38)41)40-16-18(15-36-40)22-8-10-35-25-6-7-27(37-29(22)25)39-17-20(33)13-26(39)23-12-19(32)4-5-24(23)34;1-31(2,3)42-30(41)38-12-9-22(10-13-38)40-17-19(16-36-40)23-8-11-35-26-6-7-28(37-29(23)26)39-18-21(33)15-27(39)24-14-20(32)4-5-25(24)34;27-16-1-2-21(29)20(9-16)23-10-17(28)14-34(23)24-4-3-22-26(33-24)19(6-8-30-22)15-12-32-35(13-15)18-5-7-31-25(36)11-18/h4-8,10,12,15-16,20-21,26H,9,11,13-14,17H2,1-3H3;4-8,11,14,16-17,21-22,27H,9-10,12-13,15,18H2,1-3H3;1-4,6,8-9,12-13,17-18,23H,5,7,10-11,14H2,(H,31,36)/t20-,21?,26+;21-,27+;17-,18?,23+/m000/s1. The molecule has 628 valence electrons. The van der Waals surface area contributed by atoms with Gasteiger partial charge in [-0.2, -0.15) is 15.3 Å². The number of nitrogens with zero attached hydrogens (tertiary/aromatic N) is 17. The first-order chi connectivity index (χ1) is 58.0. The molecule has 2 unspecified atom stereocenters. The number of aromatic nitrogens is 12. The fourth-order valence-electron chi connectivity index (χ4n) is 16.7. The number of amides is 4. The molecular weight excluding hydrogens is 1580 g/mol. The first-order valence-electron chi connectivity index (χ1n) is 40.2. The van der Waals surface area contributed by atoms with E-state index in [1.807, 2.05) is 62.2 Å². The number of pyridine rings is 6. The van der Waals surface area contributed by atoms with Crippen molar-refractivity contribution in [1.29, 1.82) is 0 Å². The number of fused-ring (bicyclic) bond motifs is 3. The number of nitrogens with one attached hydrogen (secondary N) is 1. The summed E-state index contributed by atoms with van der Waals surface area (Å²) in [5, 5.41) is 16.5. The molecule has 4 amide bonds. The summed E-state index contributed by atoms with van der Waals surface area (Å²) in [5.41, 5.74) is 7.42. The molecule has 6 fully saturated rings. The number of carbonyl (C=O) groups is 4. The Labute approximate surface area is 689 Å². The number of rotatable bonds is 12. The monoisotopic (exact) mass is 1660 g/mol. The number of hydrogen-bond acceptors (Lipinski definition) is 18. The summed E-state index contributed by atoms with van der Waals surface area (Å²) >= 11 is 0. The number of ether oxygens (including phenoxy) is 2. The average Bonchev–Trinajstić information content (AvgIpc) is 1.60. The van der Waals surface area contributed by atoms with Gasteiger partial charge in [0.2, 0.25) is 11.8 Å². The van der Waals surface area contributed by atoms with Crippen LogP contribution in [0.4, 0.5) is 66.6 Å². The van der Waals surface area contributed by atoms with Gasteiger partial charge >= 0.3 is 12.2 Å². The first-order valence-corrected chi connectivity index (χ1v) is 40.2. The molecule has 6 aliphatic rings. The summed E-state index contributed by atoms with van der Waals surface area (Å²) in [7, 11) is 0. The SMILES string of the molecule is CC(C)(C)OC(=O)N1CCC(n2cc(-c3ccnc4ccc(N5C[C@@H](F)C[C@@H]5c5cc(F)ccc5F)nc34)cn2)CC1.CC(C)(C)OC(=O)N1CCC(n2cc(-c3ccnc4ccc(N5C[C@@H](F)C[C@@H]5c5cc(F)ccc5F)nc34)cn2)CC1=O.O=C1CC(n2cc(-c3ccnc4ccc(N5C[C@@H](F)C[C@@H]5c5cc(F)ccc5F)nc34)cn2)CCN1. The van der Waals surface area contributed by atoms with E-state index in [4.69, 9.17) is 24.4 Å². The molecule has 12 aromatic rings. The Hall–Kier alpha value is -12.6. The van der Waals surface area contributed by atoms with Crippen LogP contribution in [0.2, 0.25) is 0 Å². The number of carbonyl (C=O) groups excluding carboxylic acids is 4. The summed E-state index contributed by atoms with van der Waals surface area (Å²) < 4.78 is 146. The molecule has 6 aliphatic heterocycles. The maximum atomic E-state index is 14.7. The van der Waals surface area contributed by atoms with Crippen molar-refractivity contribution in [3.8, 4) is 33.4 Å². The van der Waals surface area contributed by atoms with Crippen LogP contribution in [0, 0.1) is 34.9 Å². The van der Waals surface area contributed by atoms with Gasteiger partial charge < -0.3 is 34.4 Å². The number of piperidine rings is 3. The zero-order chi connectivity index (χ0) is 84.9. The van der Waals surface area contributed by atoms with Crippen molar-refractivity contribution in [3.63, 3.8) is 0 Å². The Morgan fingerprint density at radius 1 is 0.438 bits per heavy atom. The number of halogens is 9. The van der Waals surface area contributed by atoms with Gasteiger partial charge in [0.15, 0.2) is 0 Å². The molecule has 0 radical (unpaired) electrons. The lowest BCUT2D eigenvalue weighted by molar-refractivity contribution is -0.133. The van der Waals surface area contributed by atoms with Gasteiger partial charge in [0.25, 0.3) is 0 Å². The number of anilines is 3. The molecule has 0 saturated carbocycles. The lowest BCUT2D eigenvalue weighted by Crippen LogP contribution is -2.45. The van der Waals surface area contributed by atoms with E-state index >= 15 is 0 Å². The quantitative estimate of drug-likeness (QED) is 0.112. The van der Waals surface area contributed by atoms with Crippen molar-refractivity contribution in [2.75, 3.05) is 60.5 Å². The molecule has 24 nitrogen and oxygen atoms in total. The van der Waals surface area contributed by atoms with Crippen LogP contribution in [0.15, 0.2) is 165 Å². The summed E-state index contributed by atoms with van der Waals surface area (Å²) in [4.78, 5) is 85.2. The molecule has 33 heteroatoms. The first kappa shape index (κ1) is 82.1. The Morgan fingerprint density at radius 3 is 1.17 bits per heavy atom. The third-order valence-electron chi connectivity index (χ3n) is 22.5. The van der Waals surface area contributed by atoms with Gasteiger partial charge in [0.1, 0.15) is 82.1 Å². The summed E-state index contributed by atoms with van der Waals surface area (Å²) in [6.07, 6.45) is 14.7. The van der Waals surface area contributed by atoms with Crippen molar-refractivity contribution in [2.24, 2.45) is 0 Å². The molecule has 0 aliphatic carbocycles. The molecule has 3 aromatic carbocycles. The van der Waals surface area contributed by atoms with Crippen LogP contribution >= 0.6 is 0 Å². The highest BCUT2D eigenvalue weighted by molar-refractivity contribution is 5.95. The number of hydrogen-bond donors (Lipinski definition) is 1. The van der Waals surface area contributed by atoms with Gasteiger partial charge in [-0.25, -0.2) is 69.0 Å². The van der Waals surface area contributed by atoms with Crippen LogP contribution in [0.25, 0.3) is 66.5 Å². The zero-order valence-corrected chi connectivity index (χ0v) is 67.1. The average molecular weight is 1660 g/mol. The minimum atomic E-state index is -1.23. The largest absolute Gasteiger partial charge is 0.444 e. The topological polar surface area (TPSA) is 246 Å². The fraction of sp³-hybridized carbons (Fsp3) is 0.375. The Balaban J connectivity index is 0.000000135. The van der Waals surface area contributed by atoms with Crippen LogP contribution in [0.5, 0.6) is 0 Å². The van der Waals surface area contributed by atoms with Crippen molar-refractivity contribution in [1.82, 2.24) is 74.4 Å². The van der Waals surface area contributed by atoms with Gasteiger partial charge in [-0.3, -0.25) is 38.6 Å². The van der Waals surface area contributed by atoms with Gasteiger partial charge in [-0.15, -0.1) is 0 Å². The third-order valence-corrected chi connectivity index (χ3v) is 22.5. The van der Waals surface area contributed by atoms with E-state index in [0.717, 1.165) is 112 Å². The normalized spacial score (nSPS) is 21.0. The number of benzene rings is 3. The van der Waals surface area contributed by atoms with Gasteiger partial charge in [0.05, 0.1) is 108 Å². The molecule has 6 saturated heterocycles. The molecule has 1 N–H and O–H groups in total. The van der Waals surface area contributed by atoms with Crippen molar-refractivity contribution < 1.29 is 68.2 Å². The van der Waals surface area contributed by atoms with Crippen LogP contribution in [-0.4, -0.2) is 169 Å². The molecule has 15 heterocycles. The van der Waals surface area contributed by atoms with Crippen LogP contribution in [-0.2, 0) is 19.1 Å².